The molecule has 0 amide bonds. The number of aliphatic hydroxyl groups is 1. The van der Waals surface area contributed by atoms with Gasteiger partial charge >= 0.3 is 0 Å². The highest BCUT2D eigenvalue weighted by molar-refractivity contribution is 7.10. The summed E-state index contributed by atoms with van der Waals surface area (Å²) in [6.45, 7) is 2.18. The van der Waals surface area contributed by atoms with Gasteiger partial charge in [0, 0.05) is 17.5 Å². The third kappa shape index (κ3) is 3.60. The second kappa shape index (κ2) is 7.43. The van der Waals surface area contributed by atoms with Crippen LogP contribution in [0.3, 0.4) is 0 Å². The minimum Gasteiger partial charge on any atom is -0.483 e. The average Bonchev–Trinajstić information content (AvgIpc) is 3.00. The first-order valence-corrected chi connectivity index (χ1v) is 7.78. The summed E-state index contributed by atoms with van der Waals surface area (Å²) in [5.74, 6) is 0.809. The Bertz CT molecular complexity index is 513. The van der Waals surface area contributed by atoms with Gasteiger partial charge in [-0.1, -0.05) is 31.2 Å². The summed E-state index contributed by atoms with van der Waals surface area (Å²) in [6, 6.07) is 11.8. The molecule has 1 aromatic carbocycles. The van der Waals surface area contributed by atoms with Crippen LogP contribution < -0.4 is 10.5 Å². The van der Waals surface area contributed by atoms with E-state index < -0.39 is 0 Å². The lowest BCUT2D eigenvalue weighted by molar-refractivity contribution is 0.172. The SMILES string of the molecule is CCC(N)C(Oc1ccccc1CCO)c1cccs1. The van der Waals surface area contributed by atoms with Crippen molar-refractivity contribution >= 4 is 11.3 Å². The van der Waals surface area contributed by atoms with Crippen LogP contribution in [-0.4, -0.2) is 17.8 Å². The zero-order chi connectivity index (χ0) is 14.4. The van der Waals surface area contributed by atoms with E-state index in [1.165, 1.54) is 0 Å². The molecule has 0 saturated heterocycles. The summed E-state index contributed by atoms with van der Waals surface area (Å²) < 4.78 is 6.17. The number of nitrogens with two attached hydrogens (primary N) is 1. The fraction of sp³-hybridized carbons (Fsp3) is 0.375. The minimum absolute atomic E-state index is 0.0455. The number of thiophene rings is 1. The molecule has 2 unspecified atom stereocenters. The largest absolute Gasteiger partial charge is 0.483 e. The molecule has 1 aromatic heterocycles. The summed E-state index contributed by atoms with van der Waals surface area (Å²) in [5, 5.41) is 11.2. The Hall–Kier alpha value is -1.36. The Morgan fingerprint density at radius 1 is 1.25 bits per heavy atom. The lowest BCUT2D eigenvalue weighted by Crippen LogP contribution is -2.31. The molecule has 0 saturated carbocycles. The fourth-order valence-corrected chi connectivity index (χ4v) is 2.93. The van der Waals surface area contributed by atoms with Gasteiger partial charge in [-0.15, -0.1) is 11.3 Å². The number of aliphatic hydroxyl groups excluding tert-OH is 1. The Labute approximate surface area is 124 Å². The predicted octanol–water partition coefficient (Wildman–Crippen LogP) is 3.14. The lowest BCUT2D eigenvalue weighted by atomic mass is 10.1. The van der Waals surface area contributed by atoms with Crippen molar-refractivity contribution in [2.75, 3.05) is 6.61 Å². The molecule has 0 bridgehead atoms. The van der Waals surface area contributed by atoms with Gasteiger partial charge in [0.25, 0.3) is 0 Å². The Kier molecular flexibility index (Phi) is 5.59. The normalized spacial score (nSPS) is 13.9. The molecule has 1 heterocycles. The molecule has 0 fully saturated rings. The van der Waals surface area contributed by atoms with Crippen molar-refractivity contribution in [2.45, 2.75) is 31.9 Å². The van der Waals surface area contributed by atoms with Crippen LogP contribution in [0.15, 0.2) is 41.8 Å². The summed E-state index contributed by atoms with van der Waals surface area (Å²) in [6.07, 6.45) is 1.30. The first-order valence-electron chi connectivity index (χ1n) is 6.90. The van der Waals surface area contributed by atoms with Gasteiger partial charge in [-0.2, -0.15) is 0 Å². The molecule has 0 spiro atoms. The average molecular weight is 291 g/mol. The molecule has 3 nitrogen and oxygen atoms in total. The van der Waals surface area contributed by atoms with Gasteiger partial charge in [0.2, 0.25) is 0 Å². The third-order valence-corrected chi connectivity index (χ3v) is 4.23. The van der Waals surface area contributed by atoms with E-state index in [1.807, 2.05) is 35.7 Å². The maximum absolute atomic E-state index is 9.14. The first kappa shape index (κ1) is 15.0. The topological polar surface area (TPSA) is 55.5 Å². The summed E-state index contributed by atoms with van der Waals surface area (Å²) in [7, 11) is 0. The van der Waals surface area contributed by atoms with Crippen LogP contribution in [0, 0.1) is 0 Å². The number of hydrogen-bond acceptors (Lipinski definition) is 4. The van der Waals surface area contributed by atoms with E-state index >= 15 is 0 Å². The van der Waals surface area contributed by atoms with Crippen LogP contribution in [-0.2, 0) is 6.42 Å². The van der Waals surface area contributed by atoms with Crippen LogP contribution in [0.4, 0.5) is 0 Å². The van der Waals surface area contributed by atoms with Crippen LogP contribution in [0.1, 0.15) is 29.9 Å². The van der Waals surface area contributed by atoms with Crippen LogP contribution >= 0.6 is 11.3 Å². The number of rotatable bonds is 7. The van der Waals surface area contributed by atoms with Crippen LogP contribution in [0.5, 0.6) is 5.75 Å². The Morgan fingerprint density at radius 2 is 2.05 bits per heavy atom. The monoisotopic (exact) mass is 291 g/mol. The van der Waals surface area contributed by atoms with Crippen molar-refractivity contribution in [3.63, 3.8) is 0 Å². The van der Waals surface area contributed by atoms with Crippen molar-refractivity contribution in [1.82, 2.24) is 0 Å². The van der Waals surface area contributed by atoms with Crippen molar-refractivity contribution in [3.8, 4) is 5.75 Å². The molecule has 4 heteroatoms. The second-order valence-corrected chi connectivity index (χ2v) is 5.69. The molecular formula is C16H21NO2S. The molecular weight excluding hydrogens is 270 g/mol. The highest BCUT2D eigenvalue weighted by atomic mass is 32.1. The molecule has 2 aromatic rings. The Balaban J connectivity index is 2.24. The van der Waals surface area contributed by atoms with Crippen molar-refractivity contribution in [1.29, 1.82) is 0 Å². The molecule has 2 rings (SSSR count). The molecule has 2 atom stereocenters. The van der Waals surface area contributed by atoms with E-state index in [2.05, 4.69) is 13.0 Å². The molecule has 108 valence electrons. The summed E-state index contributed by atoms with van der Waals surface area (Å²) in [5.41, 5.74) is 7.23. The standard InChI is InChI=1S/C16H21NO2S/c1-2-13(17)16(15-8-5-11-20-15)19-14-7-4-3-6-12(14)9-10-18/h3-8,11,13,16,18H,2,9-10,17H2,1H3. The number of benzene rings is 1. The first-order chi connectivity index (χ1) is 9.76. The molecule has 0 radical (unpaired) electrons. The summed E-state index contributed by atoms with van der Waals surface area (Å²) >= 11 is 1.66. The van der Waals surface area contributed by atoms with E-state index in [0.717, 1.165) is 22.6 Å². The minimum atomic E-state index is -0.139. The fourth-order valence-electron chi connectivity index (χ4n) is 2.11. The quantitative estimate of drug-likeness (QED) is 0.824. The Morgan fingerprint density at radius 3 is 2.70 bits per heavy atom. The van der Waals surface area contributed by atoms with Gasteiger partial charge in [-0.25, -0.2) is 0 Å². The van der Waals surface area contributed by atoms with Gasteiger partial charge in [0.05, 0.1) is 0 Å². The van der Waals surface area contributed by atoms with E-state index in [0.29, 0.717) is 6.42 Å². The van der Waals surface area contributed by atoms with Gasteiger partial charge in [0.15, 0.2) is 0 Å². The number of ether oxygens (including phenoxy) is 1. The maximum Gasteiger partial charge on any atom is 0.148 e. The lowest BCUT2D eigenvalue weighted by Gasteiger charge is -2.24. The number of hydrogen-bond donors (Lipinski definition) is 2. The second-order valence-electron chi connectivity index (χ2n) is 4.71. The van der Waals surface area contributed by atoms with Gasteiger partial charge in [-0.05, 0) is 35.9 Å². The summed E-state index contributed by atoms with van der Waals surface area (Å²) in [4.78, 5) is 1.14. The zero-order valence-electron chi connectivity index (χ0n) is 11.7. The van der Waals surface area contributed by atoms with E-state index in [1.54, 1.807) is 11.3 Å². The van der Waals surface area contributed by atoms with Crippen molar-refractivity contribution < 1.29 is 9.84 Å². The highest BCUT2D eigenvalue weighted by Gasteiger charge is 2.22. The van der Waals surface area contributed by atoms with Gasteiger partial charge in [-0.3, -0.25) is 0 Å². The number of para-hydroxylation sites is 1. The van der Waals surface area contributed by atoms with Crippen LogP contribution in [0.2, 0.25) is 0 Å². The third-order valence-electron chi connectivity index (χ3n) is 3.29. The molecule has 3 N–H and O–H groups in total. The van der Waals surface area contributed by atoms with Gasteiger partial charge in [0.1, 0.15) is 11.9 Å². The maximum atomic E-state index is 9.14. The van der Waals surface area contributed by atoms with Gasteiger partial charge < -0.3 is 15.6 Å². The van der Waals surface area contributed by atoms with Crippen LogP contribution in [0.25, 0.3) is 0 Å². The zero-order valence-corrected chi connectivity index (χ0v) is 12.5. The smallest absolute Gasteiger partial charge is 0.148 e. The predicted molar refractivity (Wildman–Crippen MR) is 83.2 cm³/mol. The molecule has 20 heavy (non-hydrogen) atoms. The van der Waals surface area contributed by atoms with E-state index in [9.17, 15) is 0 Å². The van der Waals surface area contributed by atoms with E-state index in [-0.39, 0.29) is 18.8 Å². The van der Waals surface area contributed by atoms with Crippen molar-refractivity contribution in [3.05, 3.63) is 52.2 Å². The van der Waals surface area contributed by atoms with E-state index in [4.69, 9.17) is 15.6 Å². The molecule has 0 aliphatic carbocycles. The van der Waals surface area contributed by atoms with Crippen molar-refractivity contribution in [2.24, 2.45) is 5.73 Å². The highest BCUT2D eigenvalue weighted by Crippen LogP contribution is 2.30. The molecule has 0 aliphatic heterocycles. The molecule has 0 aliphatic rings.